The van der Waals surface area contributed by atoms with E-state index in [0.717, 1.165) is 35.0 Å². The number of benzene rings is 1. The maximum Gasteiger partial charge on any atom is 0.0975 e. The van der Waals surface area contributed by atoms with Crippen LogP contribution in [-0.2, 0) is 0 Å². The van der Waals surface area contributed by atoms with Gasteiger partial charge in [0.25, 0.3) is 0 Å². The summed E-state index contributed by atoms with van der Waals surface area (Å²) in [4.78, 5) is 0. The number of hydrogen-bond acceptors (Lipinski definition) is 6. The van der Waals surface area contributed by atoms with Crippen molar-refractivity contribution < 1.29 is 0 Å². The lowest BCUT2D eigenvalue weighted by molar-refractivity contribution is 1.02. The lowest BCUT2D eigenvalue weighted by atomic mass is 10.2. The normalized spacial score (nSPS) is 17.1. The van der Waals surface area contributed by atoms with Crippen molar-refractivity contribution >= 4 is 28.7 Å². The molecule has 0 aromatic heterocycles. The van der Waals surface area contributed by atoms with Gasteiger partial charge in [0.05, 0.1) is 16.7 Å². The van der Waals surface area contributed by atoms with Crippen LogP contribution in [0.1, 0.15) is 0 Å². The first-order valence-corrected chi connectivity index (χ1v) is 5.53. The van der Waals surface area contributed by atoms with E-state index in [-0.39, 0.29) is 0 Å². The van der Waals surface area contributed by atoms with E-state index in [1.807, 2.05) is 17.5 Å². The average Bonchev–Trinajstić information content (AvgIpc) is 2.54. The lowest BCUT2D eigenvalue weighted by Crippen LogP contribution is -2.33. The molecule has 0 atom stereocenters. The van der Waals surface area contributed by atoms with Gasteiger partial charge in [-0.2, -0.15) is 0 Å². The maximum atomic E-state index is 4.03. The van der Waals surface area contributed by atoms with Crippen LogP contribution in [0.5, 0.6) is 0 Å². The van der Waals surface area contributed by atoms with Crippen LogP contribution in [0, 0.1) is 0 Å². The van der Waals surface area contributed by atoms with Crippen LogP contribution < -0.4 is 21.2 Å². The zero-order chi connectivity index (χ0) is 10.1. The molecule has 6 heteroatoms. The van der Waals surface area contributed by atoms with E-state index in [1.54, 1.807) is 0 Å². The zero-order valence-corrected chi connectivity index (χ0v) is 8.71. The minimum absolute atomic E-state index is 0.860. The summed E-state index contributed by atoms with van der Waals surface area (Å²) in [7, 11) is 0. The number of nitrogens with zero attached hydrogens (tertiary/aromatic N) is 3. The summed E-state index contributed by atoms with van der Waals surface area (Å²) in [5.41, 5.74) is 2.22. The Morgan fingerprint density at radius 1 is 1.20 bits per heavy atom. The number of nitrogens with one attached hydrogen (secondary N) is 2. The SMILES string of the molecule is C1=c2c3c(ccc2=NN=NS1)NCCN3. The largest absolute Gasteiger partial charge is 0.382 e. The third kappa shape index (κ3) is 1.46. The van der Waals surface area contributed by atoms with Crippen molar-refractivity contribution in [2.24, 2.45) is 14.8 Å². The third-order valence-corrected chi connectivity index (χ3v) is 2.88. The predicted molar refractivity (Wildman–Crippen MR) is 61.1 cm³/mol. The van der Waals surface area contributed by atoms with Crippen LogP contribution in [0.25, 0.3) is 5.41 Å². The van der Waals surface area contributed by atoms with Gasteiger partial charge in [-0.3, -0.25) is 0 Å². The van der Waals surface area contributed by atoms with Crippen molar-refractivity contribution in [1.82, 2.24) is 0 Å². The van der Waals surface area contributed by atoms with Crippen LogP contribution in [0.2, 0.25) is 0 Å². The molecule has 0 saturated heterocycles. The molecule has 0 radical (unpaired) electrons. The summed E-state index contributed by atoms with van der Waals surface area (Å²) in [5.74, 6) is 0. The molecule has 2 heterocycles. The van der Waals surface area contributed by atoms with Crippen molar-refractivity contribution in [2.75, 3.05) is 23.7 Å². The number of hydrogen-bond donors (Lipinski definition) is 2. The molecule has 0 fully saturated rings. The molecule has 0 unspecified atom stereocenters. The third-order valence-electron chi connectivity index (χ3n) is 2.37. The van der Waals surface area contributed by atoms with Crippen molar-refractivity contribution in [1.29, 1.82) is 0 Å². The molecule has 2 aliphatic heterocycles. The highest BCUT2D eigenvalue weighted by Crippen LogP contribution is 2.19. The number of anilines is 2. The molecule has 0 aliphatic carbocycles. The molecule has 0 amide bonds. The molecular weight excluding hydrogens is 210 g/mol. The van der Waals surface area contributed by atoms with Gasteiger partial charge < -0.3 is 10.6 Å². The van der Waals surface area contributed by atoms with Crippen molar-refractivity contribution in [2.45, 2.75) is 0 Å². The fourth-order valence-electron chi connectivity index (χ4n) is 1.70. The lowest BCUT2D eigenvalue weighted by Gasteiger charge is -2.19. The molecule has 76 valence electrons. The summed E-state index contributed by atoms with van der Waals surface area (Å²) in [6.45, 7) is 1.88. The summed E-state index contributed by atoms with van der Waals surface area (Å²) >= 11 is 1.30. The van der Waals surface area contributed by atoms with Gasteiger partial charge in [-0.1, -0.05) is 4.52 Å². The second-order valence-electron chi connectivity index (χ2n) is 3.27. The Kier molecular flexibility index (Phi) is 2.06. The van der Waals surface area contributed by atoms with Crippen molar-refractivity contribution in [3.8, 4) is 0 Å². The molecule has 3 rings (SSSR count). The van der Waals surface area contributed by atoms with Crippen LogP contribution in [-0.4, -0.2) is 13.1 Å². The highest BCUT2D eigenvalue weighted by molar-refractivity contribution is 8.05. The standard InChI is InChI=1S/C9H9N5S/c1-2-8-9(11-4-3-10-8)6-5-15-14-13-12-7(1)6/h1-2,5,10-11H,3-4H2. The Morgan fingerprint density at radius 2 is 2.13 bits per heavy atom. The Morgan fingerprint density at radius 3 is 3.13 bits per heavy atom. The molecular formula is C9H9N5S. The maximum absolute atomic E-state index is 4.03. The second kappa shape index (κ2) is 3.54. The average molecular weight is 219 g/mol. The summed E-state index contributed by atoms with van der Waals surface area (Å²) < 4.78 is 3.81. The van der Waals surface area contributed by atoms with Gasteiger partial charge in [0.1, 0.15) is 0 Å². The minimum atomic E-state index is 0.860. The second-order valence-corrected chi connectivity index (χ2v) is 3.88. The Balaban J connectivity index is 2.32. The van der Waals surface area contributed by atoms with E-state index in [2.05, 4.69) is 25.5 Å². The summed E-state index contributed by atoms with van der Waals surface area (Å²) in [5, 5.41) is 18.3. The summed E-state index contributed by atoms with van der Waals surface area (Å²) in [6, 6.07) is 3.97. The monoisotopic (exact) mass is 219 g/mol. The number of fused-ring (bicyclic) bond motifs is 3. The molecule has 0 bridgehead atoms. The highest BCUT2D eigenvalue weighted by Gasteiger charge is 2.10. The minimum Gasteiger partial charge on any atom is -0.382 e. The molecule has 2 N–H and O–H groups in total. The van der Waals surface area contributed by atoms with E-state index in [1.165, 1.54) is 11.9 Å². The highest BCUT2D eigenvalue weighted by atomic mass is 32.2. The fourth-order valence-corrected chi connectivity index (χ4v) is 2.17. The molecule has 0 spiro atoms. The molecule has 15 heavy (non-hydrogen) atoms. The number of rotatable bonds is 0. The quantitative estimate of drug-likeness (QED) is 0.638. The first kappa shape index (κ1) is 8.72. The van der Waals surface area contributed by atoms with Crippen LogP contribution in [0.15, 0.2) is 27.0 Å². The first-order chi connectivity index (χ1) is 7.45. The van der Waals surface area contributed by atoms with Gasteiger partial charge in [-0.05, 0) is 17.4 Å². The zero-order valence-electron chi connectivity index (χ0n) is 7.90. The molecule has 2 aliphatic rings. The van der Waals surface area contributed by atoms with E-state index in [4.69, 9.17) is 0 Å². The first-order valence-electron chi connectivity index (χ1n) is 4.70. The van der Waals surface area contributed by atoms with Crippen LogP contribution in [0.3, 0.4) is 0 Å². The topological polar surface area (TPSA) is 61.1 Å². The Hall–Kier alpha value is -1.56. The van der Waals surface area contributed by atoms with Crippen molar-refractivity contribution in [3.05, 3.63) is 22.7 Å². The van der Waals surface area contributed by atoms with Crippen LogP contribution in [0.4, 0.5) is 11.4 Å². The molecule has 1 aromatic rings. The van der Waals surface area contributed by atoms with Gasteiger partial charge in [-0.25, -0.2) is 0 Å². The van der Waals surface area contributed by atoms with E-state index < -0.39 is 0 Å². The van der Waals surface area contributed by atoms with Crippen LogP contribution >= 0.6 is 11.9 Å². The summed E-state index contributed by atoms with van der Waals surface area (Å²) in [6.07, 6.45) is 0. The smallest absolute Gasteiger partial charge is 0.0975 e. The van der Waals surface area contributed by atoms with Gasteiger partial charge in [-0.15, -0.1) is 5.10 Å². The van der Waals surface area contributed by atoms with E-state index >= 15 is 0 Å². The molecule has 0 saturated carbocycles. The van der Waals surface area contributed by atoms with E-state index in [0.29, 0.717) is 0 Å². The Bertz CT molecular complexity index is 536. The molecule has 1 aromatic carbocycles. The van der Waals surface area contributed by atoms with Gasteiger partial charge in [0.15, 0.2) is 0 Å². The van der Waals surface area contributed by atoms with Gasteiger partial charge in [0.2, 0.25) is 0 Å². The van der Waals surface area contributed by atoms with Crippen molar-refractivity contribution in [3.63, 3.8) is 0 Å². The Labute approximate surface area is 90.5 Å². The predicted octanol–water partition coefficient (Wildman–Crippen LogP) is 0.911. The van der Waals surface area contributed by atoms with E-state index in [9.17, 15) is 0 Å². The van der Waals surface area contributed by atoms with Gasteiger partial charge >= 0.3 is 0 Å². The van der Waals surface area contributed by atoms with Gasteiger partial charge in [0, 0.05) is 35.7 Å². The molecule has 5 nitrogen and oxygen atoms in total. The fraction of sp³-hybridized carbons (Fsp3) is 0.222.